The third-order valence-corrected chi connectivity index (χ3v) is 4.39. The summed E-state index contributed by atoms with van der Waals surface area (Å²) in [5.41, 5.74) is 0.967. The summed E-state index contributed by atoms with van der Waals surface area (Å²) in [4.78, 5) is 0. The Labute approximate surface area is 92.0 Å². The fourth-order valence-electron chi connectivity index (χ4n) is 0.625. The standard InChI is InChI=1S/C11H24S2/c1-10(2,3)7-8-12-13-9-11(4,5)6/h7-9H2,1-6H3. The lowest BCUT2D eigenvalue weighted by Gasteiger charge is -2.19. The van der Waals surface area contributed by atoms with Gasteiger partial charge >= 0.3 is 0 Å². The van der Waals surface area contributed by atoms with Gasteiger partial charge in [-0.2, -0.15) is 0 Å². The number of rotatable bonds is 4. The summed E-state index contributed by atoms with van der Waals surface area (Å²) < 4.78 is 0. The summed E-state index contributed by atoms with van der Waals surface area (Å²) in [6.07, 6.45) is 1.31. The first kappa shape index (κ1) is 13.7. The molecule has 80 valence electrons. The highest BCUT2D eigenvalue weighted by molar-refractivity contribution is 8.76. The minimum Gasteiger partial charge on any atom is -0.0941 e. The van der Waals surface area contributed by atoms with Gasteiger partial charge in [-0.1, -0.05) is 63.1 Å². The van der Waals surface area contributed by atoms with Gasteiger partial charge in [0.15, 0.2) is 0 Å². The van der Waals surface area contributed by atoms with Crippen molar-refractivity contribution in [1.82, 2.24) is 0 Å². The molecule has 0 spiro atoms. The van der Waals surface area contributed by atoms with Gasteiger partial charge in [0.25, 0.3) is 0 Å². The second-order valence-corrected chi connectivity index (χ2v) is 8.54. The smallest absolute Gasteiger partial charge is 0.00856 e. The van der Waals surface area contributed by atoms with Gasteiger partial charge < -0.3 is 0 Å². The lowest BCUT2D eigenvalue weighted by atomic mass is 9.94. The fraction of sp³-hybridized carbons (Fsp3) is 1.00. The SMILES string of the molecule is CC(C)(C)CCSSCC(C)(C)C. The molecule has 0 heterocycles. The van der Waals surface area contributed by atoms with E-state index in [0.29, 0.717) is 10.8 Å². The van der Waals surface area contributed by atoms with E-state index in [2.05, 4.69) is 41.5 Å². The molecule has 0 saturated carbocycles. The molecule has 2 heteroatoms. The van der Waals surface area contributed by atoms with Crippen LogP contribution in [-0.4, -0.2) is 11.5 Å². The maximum atomic E-state index is 2.31. The minimum absolute atomic E-state index is 0.472. The van der Waals surface area contributed by atoms with Crippen LogP contribution in [0.2, 0.25) is 0 Å². The molecule has 0 aromatic rings. The molecule has 0 aliphatic heterocycles. The Morgan fingerprint density at radius 2 is 1.31 bits per heavy atom. The van der Waals surface area contributed by atoms with Gasteiger partial charge in [0.1, 0.15) is 0 Å². The second kappa shape index (κ2) is 5.55. The third kappa shape index (κ3) is 12.7. The van der Waals surface area contributed by atoms with Gasteiger partial charge in [-0.05, 0) is 17.3 Å². The zero-order valence-electron chi connectivity index (χ0n) is 9.94. The zero-order valence-corrected chi connectivity index (χ0v) is 11.6. The molecule has 13 heavy (non-hydrogen) atoms. The molecule has 0 amide bonds. The number of hydrogen-bond donors (Lipinski definition) is 0. The Bertz CT molecular complexity index is 112. The van der Waals surface area contributed by atoms with E-state index < -0.39 is 0 Å². The topological polar surface area (TPSA) is 0 Å². The molecule has 0 atom stereocenters. The van der Waals surface area contributed by atoms with E-state index in [1.165, 1.54) is 17.9 Å². The summed E-state index contributed by atoms with van der Waals surface area (Å²) in [5.74, 6) is 2.53. The first-order valence-corrected chi connectivity index (χ1v) is 7.44. The summed E-state index contributed by atoms with van der Waals surface area (Å²) in [6.45, 7) is 13.8. The molecule has 0 unspecified atom stereocenters. The van der Waals surface area contributed by atoms with Crippen LogP contribution in [-0.2, 0) is 0 Å². The van der Waals surface area contributed by atoms with E-state index >= 15 is 0 Å². The van der Waals surface area contributed by atoms with Gasteiger partial charge in [0.05, 0.1) is 0 Å². The van der Waals surface area contributed by atoms with Crippen molar-refractivity contribution in [2.75, 3.05) is 11.5 Å². The highest BCUT2D eigenvalue weighted by Gasteiger charge is 2.12. The quantitative estimate of drug-likeness (QED) is 0.491. The molecule has 0 fully saturated rings. The van der Waals surface area contributed by atoms with Crippen molar-refractivity contribution in [2.24, 2.45) is 10.8 Å². The summed E-state index contributed by atoms with van der Waals surface area (Å²) in [6, 6.07) is 0. The molecule has 0 bridgehead atoms. The molecule has 0 N–H and O–H groups in total. The van der Waals surface area contributed by atoms with Crippen molar-refractivity contribution in [3.63, 3.8) is 0 Å². The Morgan fingerprint density at radius 3 is 1.69 bits per heavy atom. The molecule has 0 aliphatic rings. The van der Waals surface area contributed by atoms with Gasteiger partial charge in [0.2, 0.25) is 0 Å². The van der Waals surface area contributed by atoms with Crippen LogP contribution in [0.4, 0.5) is 0 Å². The van der Waals surface area contributed by atoms with Crippen LogP contribution in [0.15, 0.2) is 0 Å². The van der Waals surface area contributed by atoms with E-state index in [1.807, 2.05) is 21.6 Å². The second-order valence-electron chi connectivity index (χ2n) is 5.96. The van der Waals surface area contributed by atoms with Crippen molar-refractivity contribution >= 4 is 21.6 Å². The average molecular weight is 220 g/mol. The molecule has 0 saturated heterocycles. The first-order valence-electron chi connectivity index (χ1n) is 4.95. The van der Waals surface area contributed by atoms with Crippen LogP contribution in [0.25, 0.3) is 0 Å². The van der Waals surface area contributed by atoms with E-state index in [-0.39, 0.29) is 0 Å². The van der Waals surface area contributed by atoms with Crippen molar-refractivity contribution in [3.8, 4) is 0 Å². The normalized spacial score (nSPS) is 13.4. The third-order valence-electron chi connectivity index (χ3n) is 1.51. The van der Waals surface area contributed by atoms with Crippen LogP contribution in [0.3, 0.4) is 0 Å². The Balaban J connectivity index is 3.28. The van der Waals surface area contributed by atoms with Crippen LogP contribution >= 0.6 is 21.6 Å². The molecule has 0 aromatic heterocycles. The van der Waals surface area contributed by atoms with Crippen LogP contribution in [0.1, 0.15) is 48.0 Å². The molecule has 0 rings (SSSR count). The molecular weight excluding hydrogens is 196 g/mol. The maximum Gasteiger partial charge on any atom is 0.00856 e. The van der Waals surface area contributed by atoms with E-state index in [4.69, 9.17) is 0 Å². The van der Waals surface area contributed by atoms with Crippen LogP contribution in [0, 0.1) is 10.8 Å². The predicted molar refractivity (Wildman–Crippen MR) is 68.4 cm³/mol. The largest absolute Gasteiger partial charge is 0.0941 e. The Kier molecular flexibility index (Phi) is 5.85. The maximum absolute atomic E-state index is 2.31. The van der Waals surface area contributed by atoms with Crippen molar-refractivity contribution in [1.29, 1.82) is 0 Å². The lowest BCUT2D eigenvalue weighted by molar-refractivity contribution is 0.402. The molecular formula is C11H24S2. The van der Waals surface area contributed by atoms with Crippen molar-refractivity contribution in [2.45, 2.75) is 48.0 Å². The summed E-state index contributed by atoms with van der Waals surface area (Å²) in [5, 5.41) is 0. The highest BCUT2D eigenvalue weighted by atomic mass is 33.1. The lowest BCUT2D eigenvalue weighted by Crippen LogP contribution is -2.08. The minimum atomic E-state index is 0.472. The van der Waals surface area contributed by atoms with Gasteiger partial charge in [-0.3, -0.25) is 0 Å². The van der Waals surface area contributed by atoms with Gasteiger partial charge in [-0.15, -0.1) is 0 Å². The van der Waals surface area contributed by atoms with Crippen molar-refractivity contribution < 1.29 is 0 Å². The molecule has 0 nitrogen and oxygen atoms in total. The van der Waals surface area contributed by atoms with Gasteiger partial charge in [0, 0.05) is 11.5 Å². The van der Waals surface area contributed by atoms with E-state index in [0.717, 1.165) is 0 Å². The van der Waals surface area contributed by atoms with E-state index in [1.54, 1.807) is 0 Å². The summed E-state index contributed by atoms with van der Waals surface area (Å²) in [7, 11) is 4.04. The van der Waals surface area contributed by atoms with Crippen LogP contribution in [0.5, 0.6) is 0 Å². The monoisotopic (exact) mass is 220 g/mol. The zero-order chi connectivity index (χ0) is 10.5. The van der Waals surface area contributed by atoms with E-state index in [9.17, 15) is 0 Å². The Hall–Kier alpha value is 0.700. The average Bonchev–Trinajstić information content (AvgIpc) is 1.81. The van der Waals surface area contributed by atoms with Crippen molar-refractivity contribution in [3.05, 3.63) is 0 Å². The fourth-order valence-corrected chi connectivity index (χ4v) is 3.79. The predicted octanol–water partition coefficient (Wildman–Crippen LogP) is 4.85. The summed E-state index contributed by atoms with van der Waals surface area (Å²) >= 11 is 0. The van der Waals surface area contributed by atoms with Crippen LogP contribution < -0.4 is 0 Å². The Morgan fingerprint density at radius 1 is 0.769 bits per heavy atom. The van der Waals surface area contributed by atoms with Gasteiger partial charge in [-0.25, -0.2) is 0 Å². The molecule has 0 aliphatic carbocycles. The highest BCUT2D eigenvalue weighted by Crippen LogP contribution is 2.32. The molecule has 0 radical (unpaired) electrons. The first-order chi connectivity index (χ1) is 5.71. The number of hydrogen-bond acceptors (Lipinski definition) is 2. The molecule has 0 aromatic carbocycles.